The van der Waals surface area contributed by atoms with Crippen molar-refractivity contribution < 1.29 is 71.6 Å². The number of rotatable bonds is 15. The number of phenolic OH excluding ortho intramolecular Hbond substituents is 1. The van der Waals surface area contributed by atoms with Crippen molar-refractivity contribution in [3.8, 4) is 5.75 Å². The molecule has 8 atom stereocenters. The minimum absolute atomic E-state index is 0.00125. The van der Waals surface area contributed by atoms with Gasteiger partial charge in [-0.2, -0.15) is 13.2 Å². The Morgan fingerprint density at radius 1 is 0.701 bits per heavy atom. The molecule has 0 spiro atoms. The third-order valence-corrected chi connectivity index (χ3v) is 14.1. The number of phenols is 1. The normalized spacial score (nSPS) is 21.1. The Hall–Kier alpha value is -7.36. The molecule has 22 nitrogen and oxygen atoms in total. The number of aromatic amines is 1. The van der Waals surface area contributed by atoms with E-state index in [-0.39, 0.29) is 55.9 Å². The molecule has 77 heavy (non-hydrogen) atoms. The van der Waals surface area contributed by atoms with Crippen LogP contribution in [-0.4, -0.2) is 146 Å². The summed E-state index contributed by atoms with van der Waals surface area (Å²) in [6.07, 6.45) is -3.40. The maximum absolute atomic E-state index is 14.7. The number of fused-ring (bicyclic) bond motifs is 1. The van der Waals surface area contributed by atoms with Gasteiger partial charge in [0.1, 0.15) is 48.0 Å². The van der Waals surface area contributed by atoms with Crippen molar-refractivity contribution in [2.24, 2.45) is 17.4 Å². The van der Waals surface area contributed by atoms with Crippen molar-refractivity contribution in [1.29, 1.82) is 0 Å². The lowest BCUT2D eigenvalue weighted by atomic mass is 10.0. The van der Waals surface area contributed by atoms with E-state index in [1.165, 1.54) is 31.2 Å². The molecule has 2 heterocycles. The zero-order valence-corrected chi connectivity index (χ0v) is 43.7. The Kier molecular flexibility index (Phi) is 24.1. The number of nitrogens with one attached hydrogen (secondary N) is 8. The standard InChI is InChI=1S/C48H62N10O10S2.C2HF3O2/c1-26(2)40(48(67)68)58-47(66)39-25-70-69-24-38(56-41(60)27(3)50)46(65)54-35(20-28-10-5-4-6-11-28)43(62)55-37(22-30-23-51-33-13-8-7-12-32(30)33)45(64)52-34(14-9-19-49)42(61)53-36(44(63)57-39)21-29-15-17-31(59)18-16-29;3-2(4,5)1(6)7/h4-8,10-13,15-18,23,26-27,34-40,51,59H,9,14,19-22,24-25,49-50H2,1-3H3,(H,52,64)(H,53,61)(H,54,65)(H,55,62)(H,56,60)(H,57,63)(H,58,66)(H,67,68);(H,6,7)/t27-,34-,35-,36-,37-,38-,39-,40-;/m0./s1. The van der Waals surface area contributed by atoms with E-state index in [4.69, 9.17) is 21.4 Å². The third kappa shape index (κ3) is 19.9. The summed E-state index contributed by atoms with van der Waals surface area (Å²) >= 11 is 0. The first-order valence-electron chi connectivity index (χ1n) is 24.1. The molecule has 1 aliphatic rings. The van der Waals surface area contributed by atoms with E-state index in [0.717, 1.165) is 32.5 Å². The highest BCUT2D eigenvalue weighted by Gasteiger charge is 2.39. The number of aromatic hydroxyl groups is 1. The van der Waals surface area contributed by atoms with E-state index in [1.54, 1.807) is 50.4 Å². The quantitative estimate of drug-likeness (QED) is 0.0743. The number of H-pyrrole nitrogens is 1. The Balaban J connectivity index is 0.00000171. The summed E-state index contributed by atoms with van der Waals surface area (Å²) in [4.78, 5) is 124. The monoisotopic (exact) mass is 1120 g/mol. The van der Waals surface area contributed by atoms with Crippen molar-refractivity contribution in [3.05, 3.63) is 102 Å². The fourth-order valence-electron chi connectivity index (χ4n) is 7.49. The topological polar surface area (TPSA) is 366 Å². The van der Waals surface area contributed by atoms with Crippen molar-refractivity contribution in [2.75, 3.05) is 18.1 Å². The number of nitrogens with two attached hydrogens (primary N) is 2. The van der Waals surface area contributed by atoms with Crippen molar-refractivity contribution >= 4 is 85.8 Å². The van der Waals surface area contributed by atoms with Gasteiger partial charge in [-0.15, -0.1) is 0 Å². The van der Waals surface area contributed by atoms with Gasteiger partial charge in [-0.25, -0.2) is 9.59 Å². The van der Waals surface area contributed by atoms with Crippen LogP contribution in [0.2, 0.25) is 0 Å². The highest BCUT2D eigenvalue weighted by molar-refractivity contribution is 8.76. The molecule has 15 N–H and O–H groups in total. The minimum Gasteiger partial charge on any atom is -0.508 e. The molecule has 0 unspecified atom stereocenters. The van der Waals surface area contributed by atoms with Crippen LogP contribution in [0.5, 0.6) is 5.75 Å². The van der Waals surface area contributed by atoms with E-state index >= 15 is 0 Å². The van der Waals surface area contributed by atoms with Gasteiger partial charge in [0.25, 0.3) is 0 Å². The number of aromatic nitrogens is 1. The molecule has 0 aliphatic carbocycles. The Morgan fingerprint density at radius 2 is 1.21 bits per heavy atom. The molecule has 1 saturated heterocycles. The Labute approximate surface area is 448 Å². The number of carbonyl (C=O) groups is 9. The van der Waals surface area contributed by atoms with Crippen molar-refractivity contribution in [3.63, 3.8) is 0 Å². The lowest BCUT2D eigenvalue weighted by molar-refractivity contribution is -0.192. The van der Waals surface area contributed by atoms with Gasteiger partial charge >= 0.3 is 18.1 Å². The summed E-state index contributed by atoms with van der Waals surface area (Å²) < 4.78 is 31.7. The zero-order chi connectivity index (χ0) is 57.0. The molecule has 0 bridgehead atoms. The highest BCUT2D eigenvalue weighted by atomic mass is 33.1. The molecule has 418 valence electrons. The summed E-state index contributed by atoms with van der Waals surface area (Å²) in [6.45, 7) is 4.75. The molecule has 1 aromatic heterocycles. The second-order valence-electron chi connectivity index (χ2n) is 18.2. The summed E-state index contributed by atoms with van der Waals surface area (Å²) in [6, 6.07) is 11.6. The SMILES string of the molecule is CC(C)[C@H](NC(=O)[C@@H]1CSSC[C@H](NC(=O)[C@H](C)N)C(=O)N[C@@H](Cc2ccccc2)C(=O)N[C@@H](Cc2c[nH]c3ccccc23)C(=O)N[C@@H](CCCN)C(=O)N[C@@H](Cc2ccc(O)cc2)C(=O)N1)C(=O)O.O=C(O)C(F)(F)F. The number of amides is 7. The summed E-state index contributed by atoms with van der Waals surface area (Å²) in [5, 5.41) is 46.7. The largest absolute Gasteiger partial charge is 0.508 e. The molecule has 0 saturated carbocycles. The molecular weight excluding hydrogens is 1050 g/mol. The number of hydrogen-bond acceptors (Lipinski definition) is 14. The van der Waals surface area contributed by atoms with Crippen molar-refractivity contribution in [1.82, 2.24) is 42.2 Å². The molecule has 3 aromatic carbocycles. The van der Waals surface area contributed by atoms with Crippen LogP contribution in [-0.2, 0) is 62.4 Å². The number of carbonyl (C=O) groups excluding carboxylic acids is 7. The van der Waals surface area contributed by atoms with Crippen LogP contribution in [0.1, 0.15) is 50.3 Å². The van der Waals surface area contributed by atoms with Crippen LogP contribution in [0.4, 0.5) is 13.2 Å². The maximum Gasteiger partial charge on any atom is 0.490 e. The predicted octanol–water partition coefficient (Wildman–Crippen LogP) is 1.15. The first-order chi connectivity index (χ1) is 36.4. The number of para-hydroxylation sites is 1. The number of alkyl halides is 3. The second kappa shape index (κ2) is 29.8. The van der Waals surface area contributed by atoms with Gasteiger partial charge in [0.05, 0.1) is 6.04 Å². The Morgan fingerprint density at radius 3 is 1.77 bits per heavy atom. The minimum atomic E-state index is -5.08. The van der Waals surface area contributed by atoms with E-state index in [9.17, 15) is 61.7 Å². The molecular formula is C50H63F3N10O12S2. The van der Waals surface area contributed by atoms with Gasteiger partial charge in [-0.05, 0) is 67.1 Å². The van der Waals surface area contributed by atoms with Crippen LogP contribution in [0.15, 0.2) is 85.1 Å². The van der Waals surface area contributed by atoms with E-state index in [2.05, 4.69) is 42.2 Å². The van der Waals surface area contributed by atoms with Crippen molar-refractivity contribution in [2.45, 2.75) is 107 Å². The summed E-state index contributed by atoms with van der Waals surface area (Å²) in [5.74, 6) is -10.5. The van der Waals surface area contributed by atoms with E-state index in [0.29, 0.717) is 16.7 Å². The van der Waals surface area contributed by atoms with Crippen LogP contribution in [0.25, 0.3) is 10.9 Å². The smallest absolute Gasteiger partial charge is 0.490 e. The average Bonchev–Trinajstić information content (AvgIpc) is 3.79. The number of hydrogen-bond donors (Lipinski definition) is 13. The third-order valence-electron chi connectivity index (χ3n) is 11.7. The first kappa shape index (κ1) is 62.2. The Bertz CT molecular complexity index is 2680. The van der Waals surface area contributed by atoms with Gasteiger partial charge in [0.2, 0.25) is 41.4 Å². The fraction of sp³-hybridized carbons (Fsp3) is 0.420. The van der Waals surface area contributed by atoms with Gasteiger partial charge in [-0.1, -0.05) is 96.1 Å². The molecule has 1 aliphatic heterocycles. The van der Waals surface area contributed by atoms with Gasteiger partial charge in [0.15, 0.2) is 0 Å². The second-order valence-corrected chi connectivity index (χ2v) is 20.7. The maximum atomic E-state index is 14.7. The lowest BCUT2D eigenvalue weighted by Gasteiger charge is -2.29. The van der Waals surface area contributed by atoms with Gasteiger partial charge in [0, 0.05) is 47.9 Å². The number of carboxylic acid groups (broad SMARTS) is 2. The van der Waals surface area contributed by atoms with Crippen LogP contribution >= 0.6 is 21.6 Å². The van der Waals surface area contributed by atoms with Crippen LogP contribution < -0.4 is 48.7 Å². The first-order valence-corrected chi connectivity index (χ1v) is 26.6. The predicted molar refractivity (Wildman–Crippen MR) is 280 cm³/mol. The molecule has 7 amide bonds. The zero-order valence-electron chi connectivity index (χ0n) is 42.1. The van der Waals surface area contributed by atoms with Gasteiger partial charge in [-0.3, -0.25) is 33.6 Å². The van der Waals surface area contributed by atoms with Gasteiger partial charge < -0.3 is 69.0 Å². The molecule has 0 radical (unpaired) electrons. The average molecular weight is 1120 g/mol. The molecule has 1 fully saturated rings. The summed E-state index contributed by atoms with van der Waals surface area (Å²) in [5.41, 5.74) is 14.4. The van der Waals surface area contributed by atoms with E-state index in [1.807, 2.05) is 24.3 Å². The number of benzene rings is 3. The fourth-order valence-corrected chi connectivity index (χ4v) is 9.81. The molecule has 4 aromatic rings. The van der Waals surface area contributed by atoms with Crippen LogP contribution in [0.3, 0.4) is 0 Å². The number of aliphatic carboxylic acids is 2. The molecule has 5 rings (SSSR count). The van der Waals surface area contributed by atoms with Crippen LogP contribution in [0, 0.1) is 5.92 Å². The molecule has 27 heteroatoms. The highest BCUT2D eigenvalue weighted by Crippen LogP contribution is 2.25. The lowest BCUT2D eigenvalue weighted by Crippen LogP contribution is -2.61. The van der Waals surface area contributed by atoms with E-state index < -0.39 is 114 Å². The number of halogens is 3. The number of carboxylic acids is 2. The summed E-state index contributed by atoms with van der Waals surface area (Å²) in [7, 11) is 2.06.